The van der Waals surface area contributed by atoms with Crippen molar-refractivity contribution >= 4 is 17.4 Å². The molecule has 0 saturated carbocycles. The summed E-state index contributed by atoms with van der Waals surface area (Å²) >= 11 is 5.33. The van der Waals surface area contributed by atoms with Crippen molar-refractivity contribution in [1.82, 2.24) is 9.97 Å². The number of alkyl halides is 1. The fraction of sp³-hybridized carbons (Fsp3) is 0.429. The first kappa shape index (κ1) is 9.22. The number of Topliss-reactive ketones (excluding diaryl/α,β-unsaturated/α-hetero) is 1. The number of nitrogens with one attached hydrogen (secondary N) is 1. The number of H-pyrrole nitrogens is 1. The van der Waals surface area contributed by atoms with Gasteiger partial charge in [0.2, 0.25) is 0 Å². The van der Waals surface area contributed by atoms with E-state index in [-0.39, 0.29) is 11.7 Å². The Balaban J connectivity index is 2.47. The van der Waals surface area contributed by atoms with Crippen LogP contribution < -0.4 is 5.73 Å². The third kappa shape index (κ3) is 2.32. The smallest absolute Gasteiger partial charge is 0.164 e. The first-order chi connectivity index (χ1) is 5.74. The summed E-state index contributed by atoms with van der Waals surface area (Å²) in [6, 6.07) is -0.536. The minimum absolute atomic E-state index is 0.0361. The SMILES string of the molecule is N[C@@H](Cc1c[nH]cn1)C(=O)CCl. The molecule has 0 unspecified atom stereocenters. The highest BCUT2D eigenvalue weighted by Crippen LogP contribution is 1.97. The molecule has 0 aliphatic heterocycles. The van der Waals surface area contributed by atoms with Gasteiger partial charge in [0, 0.05) is 12.6 Å². The monoisotopic (exact) mass is 187 g/mol. The van der Waals surface area contributed by atoms with Crippen LogP contribution in [0.1, 0.15) is 5.69 Å². The van der Waals surface area contributed by atoms with Gasteiger partial charge in [0.1, 0.15) is 0 Å². The maximum Gasteiger partial charge on any atom is 0.164 e. The molecule has 0 radical (unpaired) electrons. The summed E-state index contributed by atoms with van der Waals surface area (Å²) in [4.78, 5) is 17.7. The molecule has 0 aromatic carbocycles. The van der Waals surface area contributed by atoms with Gasteiger partial charge in [-0.1, -0.05) is 0 Å². The molecular formula is C7H10ClN3O. The van der Waals surface area contributed by atoms with E-state index >= 15 is 0 Å². The average molecular weight is 188 g/mol. The van der Waals surface area contributed by atoms with Gasteiger partial charge in [0.25, 0.3) is 0 Å². The van der Waals surface area contributed by atoms with Crippen molar-refractivity contribution in [3.8, 4) is 0 Å². The number of nitrogens with two attached hydrogens (primary N) is 1. The van der Waals surface area contributed by atoms with Gasteiger partial charge in [-0.15, -0.1) is 11.6 Å². The van der Waals surface area contributed by atoms with Gasteiger partial charge in [-0.25, -0.2) is 4.98 Å². The van der Waals surface area contributed by atoms with Crippen LogP contribution >= 0.6 is 11.6 Å². The Bertz CT molecular complexity index is 247. The summed E-state index contributed by atoms with van der Waals surface area (Å²) in [6.07, 6.45) is 3.70. The van der Waals surface area contributed by atoms with Crippen molar-refractivity contribution in [1.29, 1.82) is 0 Å². The molecule has 1 aromatic heterocycles. The fourth-order valence-corrected chi connectivity index (χ4v) is 1.04. The number of aromatic amines is 1. The lowest BCUT2D eigenvalue weighted by Gasteiger charge is -2.05. The highest BCUT2D eigenvalue weighted by atomic mass is 35.5. The second-order valence-corrected chi connectivity index (χ2v) is 2.74. The Labute approximate surface area is 75.1 Å². The van der Waals surface area contributed by atoms with E-state index in [4.69, 9.17) is 17.3 Å². The topological polar surface area (TPSA) is 71.8 Å². The summed E-state index contributed by atoms with van der Waals surface area (Å²) in [7, 11) is 0. The third-order valence-electron chi connectivity index (χ3n) is 1.53. The minimum atomic E-state index is -0.536. The largest absolute Gasteiger partial charge is 0.351 e. The number of hydrogen-bond acceptors (Lipinski definition) is 3. The van der Waals surface area contributed by atoms with Gasteiger partial charge in [-0.3, -0.25) is 4.79 Å². The Morgan fingerprint density at radius 3 is 3.08 bits per heavy atom. The van der Waals surface area contributed by atoms with E-state index < -0.39 is 6.04 Å². The van der Waals surface area contributed by atoms with E-state index in [1.165, 1.54) is 0 Å². The van der Waals surface area contributed by atoms with Crippen LogP contribution in [-0.2, 0) is 11.2 Å². The van der Waals surface area contributed by atoms with E-state index in [1.807, 2.05) is 0 Å². The molecule has 5 heteroatoms. The van der Waals surface area contributed by atoms with Crippen molar-refractivity contribution in [2.24, 2.45) is 5.73 Å². The first-order valence-corrected chi connectivity index (χ1v) is 4.09. The number of aromatic nitrogens is 2. The maximum atomic E-state index is 10.9. The van der Waals surface area contributed by atoms with Crippen LogP contribution in [0, 0.1) is 0 Å². The summed E-state index contributed by atoms with van der Waals surface area (Å²) in [6.45, 7) is 0. The predicted octanol–water partition coefficient (Wildman–Crippen LogP) is 0.0874. The summed E-state index contributed by atoms with van der Waals surface area (Å²) in [5.41, 5.74) is 6.31. The number of ketones is 1. The molecule has 0 fully saturated rings. The summed E-state index contributed by atoms with van der Waals surface area (Å²) < 4.78 is 0. The Hall–Kier alpha value is -0.870. The number of rotatable bonds is 4. The average Bonchev–Trinajstić information content (AvgIpc) is 2.55. The number of nitrogens with zero attached hydrogens (tertiary/aromatic N) is 1. The normalized spacial score (nSPS) is 12.8. The van der Waals surface area contributed by atoms with Crippen LogP contribution in [0.3, 0.4) is 0 Å². The van der Waals surface area contributed by atoms with Crippen LogP contribution in [0.25, 0.3) is 0 Å². The molecule has 0 aliphatic carbocycles. The molecule has 1 rings (SSSR count). The Morgan fingerprint density at radius 1 is 1.83 bits per heavy atom. The molecule has 12 heavy (non-hydrogen) atoms. The molecular weight excluding hydrogens is 178 g/mol. The van der Waals surface area contributed by atoms with Crippen LogP contribution in [0.2, 0.25) is 0 Å². The number of halogens is 1. The molecule has 0 saturated heterocycles. The number of carbonyl (C=O) groups excluding carboxylic acids is 1. The fourth-order valence-electron chi connectivity index (χ4n) is 0.841. The Kier molecular flexibility index (Phi) is 3.25. The summed E-state index contributed by atoms with van der Waals surface area (Å²) in [5, 5.41) is 0. The van der Waals surface area contributed by atoms with Crippen molar-refractivity contribution in [2.75, 3.05) is 5.88 Å². The molecule has 1 heterocycles. The van der Waals surface area contributed by atoms with Crippen molar-refractivity contribution in [2.45, 2.75) is 12.5 Å². The number of imidazole rings is 1. The van der Waals surface area contributed by atoms with E-state index in [2.05, 4.69) is 9.97 Å². The molecule has 0 spiro atoms. The molecule has 0 amide bonds. The number of carbonyl (C=O) groups is 1. The lowest BCUT2D eigenvalue weighted by Crippen LogP contribution is -2.33. The quantitative estimate of drug-likeness (QED) is 0.657. The zero-order valence-electron chi connectivity index (χ0n) is 6.46. The zero-order valence-corrected chi connectivity index (χ0v) is 7.21. The highest BCUT2D eigenvalue weighted by molar-refractivity contribution is 6.28. The van der Waals surface area contributed by atoms with Crippen molar-refractivity contribution in [3.05, 3.63) is 18.2 Å². The number of hydrogen-bond donors (Lipinski definition) is 2. The van der Waals surface area contributed by atoms with Crippen LogP contribution in [0.4, 0.5) is 0 Å². The van der Waals surface area contributed by atoms with Crippen LogP contribution in [0.15, 0.2) is 12.5 Å². The third-order valence-corrected chi connectivity index (χ3v) is 1.79. The van der Waals surface area contributed by atoms with Crippen molar-refractivity contribution < 1.29 is 4.79 Å². The lowest BCUT2D eigenvalue weighted by molar-refractivity contribution is -0.117. The highest BCUT2D eigenvalue weighted by Gasteiger charge is 2.13. The first-order valence-electron chi connectivity index (χ1n) is 3.56. The van der Waals surface area contributed by atoms with E-state index in [9.17, 15) is 4.79 Å². The van der Waals surface area contributed by atoms with Gasteiger partial charge in [-0.05, 0) is 0 Å². The predicted molar refractivity (Wildman–Crippen MR) is 46.0 cm³/mol. The van der Waals surface area contributed by atoms with Crippen LogP contribution in [-0.4, -0.2) is 27.7 Å². The van der Waals surface area contributed by atoms with Gasteiger partial charge in [0.15, 0.2) is 5.78 Å². The maximum absolute atomic E-state index is 10.9. The van der Waals surface area contributed by atoms with Gasteiger partial charge in [-0.2, -0.15) is 0 Å². The van der Waals surface area contributed by atoms with E-state index in [0.29, 0.717) is 6.42 Å². The van der Waals surface area contributed by atoms with Gasteiger partial charge in [0.05, 0.1) is 23.9 Å². The zero-order chi connectivity index (χ0) is 8.97. The lowest BCUT2D eigenvalue weighted by atomic mass is 10.1. The molecule has 1 aromatic rings. The molecule has 1 atom stereocenters. The standard InChI is InChI=1S/C7H10ClN3O/c8-2-7(12)6(9)1-5-3-10-4-11-5/h3-4,6H,1-2,9H2,(H,10,11)/t6-/m0/s1. The van der Waals surface area contributed by atoms with E-state index in [1.54, 1.807) is 12.5 Å². The molecule has 66 valence electrons. The Morgan fingerprint density at radius 2 is 2.58 bits per heavy atom. The van der Waals surface area contributed by atoms with Crippen LogP contribution in [0.5, 0.6) is 0 Å². The van der Waals surface area contributed by atoms with Gasteiger partial charge >= 0.3 is 0 Å². The molecule has 4 nitrogen and oxygen atoms in total. The van der Waals surface area contributed by atoms with Crippen molar-refractivity contribution in [3.63, 3.8) is 0 Å². The molecule has 0 aliphatic rings. The second-order valence-electron chi connectivity index (χ2n) is 2.47. The molecule has 3 N–H and O–H groups in total. The van der Waals surface area contributed by atoms with Gasteiger partial charge < -0.3 is 10.7 Å². The second kappa shape index (κ2) is 4.23. The van der Waals surface area contributed by atoms with E-state index in [0.717, 1.165) is 5.69 Å². The summed E-state index contributed by atoms with van der Waals surface area (Å²) in [5.74, 6) is -0.189. The molecule has 0 bridgehead atoms. The minimum Gasteiger partial charge on any atom is -0.351 e.